The Bertz CT molecular complexity index is 660. The van der Waals surface area contributed by atoms with Gasteiger partial charge in [0.25, 0.3) is 0 Å². The standard InChI is InChI=1S/C16H18N4O2/c1-11-6-13-7-12(2-3-14(13)22-11)8-18-10-16(21)20-15-9-17-4-5-19-15/h2-5,7,9,11,18H,6,8,10H2,1H3,(H,19,20,21). The summed E-state index contributed by atoms with van der Waals surface area (Å²) >= 11 is 0. The van der Waals surface area contributed by atoms with Crippen molar-refractivity contribution >= 4 is 11.7 Å². The predicted octanol–water partition coefficient (Wildman–Crippen LogP) is 1.53. The molecule has 1 unspecified atom stereocenters. The summed E-state index contributed by atoms with van der Waals surface area (Å²) < 4.78 is 5.67. The molecule has 0 saturated carbocycles. The van der Waals surface area contributed by atoms with Crippen LogP contribution < -0.4 is 15.4 Å². The summed E-state index contributed by atoms with van der Waals surface area (Å²) in [6, 6.07) is 6.15. The van der Waals surface area contributed by atoms with E-state index in [1.807, 2.05) is 12.1 Å². The second kappa shape index (κ2) is 6.53. The van der Waals surface area contributed by atoms with Crippen LogP contribution in [0.25, 0.3) is 0 Å². The molecule has 1 aliphatic heterocycles. The first-order valence-electron chi connectivity index (χ1n) is 7.26. The number of nitrogens with one attached hydrogen (secondary N) is 2. The van der Waals surface area contributed by atoms with E-state index >= 15 is 0 Å². The largest absolute Gasteiger partial charge is 0.490 e. The molecule has 2 N–H and O–H groups in total. The van der Waals surface area contributed by atoms with Crippen molar-refractivity contribution in [3.8, 4) is 5.75 Å². The van der Waals surface area contributed by atoms with E-state index in [4.69, 9.17) is 4.74 Å². The molecule has 0 fully saturated rings. The SMILES string of the molecule is CC1Cc2cc(CNCC(=O)Nc3cnccn3)ccc2O1. The Kier molecular flexibility index (Phi) is 4.29. The Morgan fingerprint density at radius 2 is 2.32 bits per heavy atom. The Balaban J connectivity index is 1.47. The van der Waals surface area contributed by atoms with Crippen molar-refractivity contribution in [2.45, 2.75) is 26.0 Å². The molecule has 2 heterocycles. The number of hydrogen-bond donors (Lipinski definition) is 2. The van der Waals surface area contributed by atoms with Crippen molar-refractivity contribution < 1.29 is 9.53 Å². The van der Waals surface area contributed by atoms with Gasteiger partial charge in [-0.25, -0.2) is 4.98 Å². The fourth-order valence-electron chi connectivity index (χ4n) is 2.46. The maximum Gasteiger partial charge on any atom is 0.239 e. The van der Waals surface area contributed by atoms with Gasteiger partial charge in [0.05, 0.1) is 12.7 Å². The predicted molar refractivity (Wildman–Crippen MR) is 82.6 cm³/mol. The summed E-state index contributed by atoms with van der Waals surface area (Å²) in [6.45, 7) is 2.92. The highest BCUT2D eigenvalue weighted by Gasteiger charge is 2.18. The van der Waals surface area contributed by atoms with E-state index in [1.165, 1.54) is 18.0 Å². The molecule has 6 heteroatoms. The number of ether oxygens (including phenoxy) is 1. The smallest absolute Gasteiger partial charge is 0.239 e. The number of benzene rings is 1. The minimum absolute atomic E-state index is 0.140. The molecule has 0 aliphatic carbocycles. The van der Waals surface area contributed by atoms with Crippen molar-refractivity contribution in [2.75, 3.05) is 11.9 Å². The number of rotatable bonds is 5. The minimum atomic E-state index is -0.140. The van der Waals surface area contributed by atoms with E-state index in [0.29, 0.717) is 12.4 Å². The van der Waals surface area contributed by atoms with Crippen LogP contribution in [0.3, 0.4) is 0 Å². The molecular weight excluding hydrogens is 280 g/mol. The minimum Gasteiger partial charge on any atom is -0.490 e. The fraction of sp³-hybridized carbons (Fsp3) is 0.312. The highest BCUT2D eigenvalue weighted by atomic mass is 16.5. The average molecular weight is 298 g/mol. The number of carbonyl (C=O) groups excluding carboxylic acids is 1. The van der Waals surface area contributed by atoms with E-state index in [1.54, 1.807) is 6.20 Å². The molecule has 0 bridgehead atoms. The number of hydrogen-bond acceptors (Lipinski definition) is 5. The van der Waals surface area contributed by atoms with Crippen molar-refractivity contribution in [2.24, 2.45) is 0 Å². The first-order chi connectivity index (χ1) is 10.7. The van der Waals surface area contributed by atoms with Crippen LogP contribution in [-0.4, -0.2) is 28.5 Å². The molecule has 1 atom stereocenters. The van der Waals surface area contributed by atoms with Gasteiger partial charge in [-0.2, -0.15) is 0 Å². The van der Waals surface area contributed by atoms with Crippen LogP contribution in [0.2, 0.25) is 0 Å². The number of carbonyl (C=O) groups is 1. The van der Waals surface area contributed by atoms with Gasteiger partial charge in [-0.3, -0.25) is 9.78 Å². The molecule has 2 aromatic rings. The van der Waals surface area contributed by atoms with Crippen LogP contribution >= 0.6 is 0 Å². The second-order valence-corrected chi connectivity index (χ2v) is 5.32. The Morgan fingerprint density at radius 3 is 3.14 bits per heavy atom. The van der Waals surface area contributed by atoms with E-state index in [9.17, 15) is 4.79 Å². The first-order valence-corrected chi connectivity index (χ1v) is 7.26. The monoisotopic (exact) mass is 298 g/mol. The molecule has 1 aliphatic rings. The molecule has 3 rings (SSSR count). The zero-order chi connectivity index (χ0) is 15.4. The van der Waals surface area contributed by atoms with Gasteiger partial charge in [0.1, 0.15) is 11.9 Å². The number of fused-ring (bicyclic) bond motifs is 1. The van der Waals surface area contributed by atoms with E-state index in [2.05, 4.69) is 33.6 Å². The average Bonchev–Trinajstić information content (AvgIpc) is 2.87. The van der Waals surface area contributed by atoms with Crippen molar-refractivity contribution in [3.05, 3.63) is 47.9 Å². The molecular formula is C16H18N4O2. The highest BCUT2D eigenvalue weighted by Crippen LogP contribution is 2.29. The number of anilines is 1. The highest BCUT2D eigenvalue weighted by molar-refractivity contribution is 5.91. The van der Waals surface area contributed by atoms with Crippen LogP contribution in [0.5, 0.6) is 5.75 Å². The topological polar surface area (TPSA) is 76.1 Å². The lowest BCUT2D eigenvalue weighted by Crippen LogP contribution is -2.28. The Labute approximate surface area is 128 Å². The van der Waals surface area contributed by atoms with E-state index in [-0.39, 0.29) is 18.6 Å². The van der Waals surface area contributed by atoms with E-state index < -0.39 is 0 Å². The molecule has 1 aromatic carbocycles. The summed E-state index contributed by atoms with van der Waals surface area (Å²) in [5.74, 6) is 1.29. The van der Waals surface area contributed by atoms with Gasteiger partial charge in [0.2, 0.25) is 5.91 Å². The molecule has 22 heavy (non-hydrogen) atoms. The lowest BCUT2D eigenvalue weighted by Gasteiger charge is -2.07. The van der Waals surface area contributed by atoms with Crippen molar-refractivity contribution in [1.29, 1.82) is 0 Å². The quantitative estimate of drug-likeness (QED) is 0.875. The zero-order valence-electron chi connectivity index (χ0n) is 12.4. The lowest BCUT2D eigenvalue weighted by atomic mass is 10.1. The Morgan fingerprint density at radius 1 is 1.41 bits per heavy atom. The molecule has 1 amide bonds. The number of amides is 1. The third-order valence-electron chi connectivity index (χ3n) is 3.41. The van der Waals surface area contributed by atoms with Gasteiger partial charge < -0.3 is 15.4 Å². The van der Waals surface area contributed by atoms with Crippen LogP contribution in [0.4, 0.5) is 5.82 Å². The summed E-state index contributed by atoms with van der Waals surface area (Å²) in [5.41, 5.74) is 2.37. The maximum absolute atomic E-state index is 11.8. The summed E-state index contributed by atoms with van der Waals surface area (Å²) in [4.78, 5) is 19.7. The summed E-state index contributed by atoms with van der Waals surface area (Å²) in [7, 11) is 0. The molecule has 0 radical (unpaired) electrons. The summed E-state index contributed by atoms with van der Waals surface area (Å²) in [6.07, 6.45) is 5.80. The van der Waals surface area contributed by atoms with Gasteiger partial charge in [-0.1, -0.05) is 12.1 Å². The lowest BCUT2D eigenvalue weighted by molar-refractivity contribution is -0.115. The van der Waals surface area contributed by atoms with Crippen LogP contribution in [0.15, 0.2) is 36.8 Å². The molecule has 0 saturated heterocycles. The fourth-order valence-corrected chi connectivity index (χ4v) is 2.46. The third-order valence-corrected chi connectivity index (χ3v) is 3.41. The zero-order valence-corrected chi connectivity index (χ0v) is 12.4. The number of nitrogens with zero attached hydrogens (tertiary/aromatic N) is 2. The Hall–Kier alpha value is -2.47. The van der Waals surface area contributed by atoms with Crippen molar-refractivity contribution in [1.82, 2.24) is 15.3 Å². The van der Waals surface area contributed by atoms with Gasteiger partial charge in [-0.05, 0) is 24.1 Å². The molecule has 114 valence electrons. The number of aromatic nitrogens is 2. The molecule has 6 nitrogen and oxygen atoms in total. The molecule has 0 spiro atoms. The van der Waals surface area contributed by atoms with Crippen LogP contribution in [0.1, 0.15) is 18.1 Å². The first kappa shape index (κ1) is 14.5. The van der Waals surface area contributed by atoms with E-state index in [0.717, 1.165) is 17.7 Å². The van der Waals surface area contributed by atoms with Crippen molar-refractivity contribution in [3.63, 3.8) is 0 Å². The summed E-state index contributed by atoms with van der Waals surface area (Å²) in [5, 5.41) is 5.80. The van der Waals surface area contributed by atoms with Gasteiger partial charge in [0.15, 0.2) is 5.82 Å². The van der Waals surface area contributed by atoms with Crippen LogP contribution in [-0.2, 0) is 17.8 Å². The van der Waals surface area contributed by atoms with Gasteiger partial charge in [0, 0.05) is 25.4 Å². The van der Waals surface area contributed by atoms with Gasteiger partial charge in [-0.15, -0.1) is 0 Å². The maximum atomic E-state index is 11.8. The second-order valence-electron chi connectivity index (χ2n) is 5.32. The third kappa shape index (κ3) is 3.59. The van der Waals surface area contributed by atoms with Gasteiger partial charge >= 0.3 is 0 Å². The van der Waals surface area contributed by atoms with Crippen LogP contribution in [0, 0.1) is 0 Å². The molecule has 1 aromatic heterocycles. The normalized spacial score (nSPS) is 16.0.